The smallest absolute Gasteiger partial charge is 0.161 e. The van der Waals surface area contributed by atoms with Gasteiger partial charge in [-0.3, -0.25) is 4.90 Å². The summed E-state index contributed by atoms with van der Waals surface area (Å²) in [7, 11) is 6.05. The summed E-state index contributed by atoms with van der Waals surface area (Å²) in [5, 5.41) is 0. The number of piperidine rings is 1. The summed E-state index contributed by atoms with van der Waals surface area (Å²) in [6.07, 6.45) is 6.16. The Hall–Kier alpha value is -1.30. The fourth-order valence-electron chi connectivity index (χ4n) is 5.10. The molecule has 1 aromatic rings. The molecule has 5 heteroatoms. The Morgan fingerprint density at radius 3 is 2.45 bits per heavy atom. The molecule has 0 spiro atoms. The number of rotatable bonds is 5. The fourth-order valence-corrected chi connectivity index (χ4v) is 5.10. The van der Waals surface area contributed by atoms with Crippen LogP contribution >= 0.6 is 0 Å². The van der Waals surface area contributed by atoms with Gasteiger partial charge in [0.1, 0.15) is 6.10 Å². The minimum Gasteiger partial charge on any atom is -0.493 e. The lowest BCUT2D eigenvalue weighted by atomic mass is 9.85. The first kappa shape index (κ1) is 21.0. The average molecular weight is 403 g/mol. The van der Waals surface area contributed by atoms with E-state index in [-0.39, 0.29) is 5.60 Å². The van der Waals surface area contributed by atoms with Crippen molar-refractivity contribution in [1.82, 2.24) is 9.80 Å². The van der Waals surface area contributed by atoms with Gasteiger partial charge < -0.3 is 19.1 Å². The summed E-state index contributed by atoms with van der Waals surface area (Å²) in [4.78, 5) is 4.90. The third-order valence-corrected chi connectivity index (χ3v) is 6.71. The van der Waals surface area contributed by atoms with Crippen LogP contribution in [0.5, 0.6) is 11.5 Å². The van der Waals surface area contributed by atoms with Gasteiger partial charge in [-0.25, -0.2) is 0 Å². The second-order valence-electron chi connectivity index (χ2n) is 10.2. The number of benzene rings is 1. The van der Waals surface area contributed by atoms with Crippen LogP contribution in [-0.2, 0) is 11.2 Å². The minimum atomic E-state index is -0.0756. The van der Waals surface area contributed by atoms with E-state index in [0.717, 1.165) is 56.7 Å². The third-order valence-electron chi connectivity index (χ3n) is 6.71. The van der Waals surface area contributed by atoms with Crippen molar-refractivity contribution in [2.75, 3.05) is 34.3 Å². The molecular weight excluding hydrogens is 364 g/mol. The Bertz CT molecular complexity index is 722. The van der Waals surface area contributed by atoms with Crippen molar-refractivity contribution in [2.45, 2.75) is 82.8 Å². The van der Waals surface area contributed by atoms with Crippen LogP contribution < -0.4 is 9.47 Å². The van der Waals surface area contributed by atoms with Gasteiger partial charge in [0.2, 0.25) is 0 Å². The van der Waals surface area contributed by atoms with E-state index < -0.39 is 0 Å². The Morgan fingerprint density at radius 2 is 1.79 bits per heavy atom. The summed E-state index contributed by atoms with van der Waals surface area (Å²) >= 11 is 0. The lowest BCUT2D eigenvalue weighted by Crippen LogP contribution is -2.47. The van der Waals surface area contributed by atoms with Gasteiger partial charge in [0.05, 0.1) is 18.8 Å². The van der Waals surface area contributed by atoms with Crippen LogP contribution in [0.25, 0.3) is 0 Å². The normalized spacial score (nSPS) is 29.8. The first-order valence-electron chi connectivity index (χ1n) is 11.2. The maximum atomic E-state index is 6.34. The van der Waals surface area contributed by atoms with Crippen molar-refractivity contribution < 1.29 is 14.2 Å². The van der Waals surface area contributed by atoms with Crippen LogP contribution in [0.15, 0.2) is 12.1 Å². The number of fused-ring (bicyclic) bond motifs is 3. The van der Waals surface area contributed by atoms with E-state index in [1.54, 1.807) is 7.11 Å². The first-order valence-corrected chi connectivity index (χ1v) is 11.2. The maximum absolute atomic E-state index is 6.34. The number of ether oxygens (including phenoxy) is 3. The van der Waals surface area contributed by atoms with Crippen molar-refractivity contribution >= 4 is 0 Å². The summed E-state index contributed by atoms with van der Waals surface area (Å²) in [6, 6.07) is 5.62. The van der Waals surface area contributed by atoms with Crippen LogP contribution in [-0.4, -0.2) is 67.9 Å². The van der Waals surface area contributed by atoms with E-state index in [9.17, 15) is 0 Å². The lowest BCUT2D eigenvalue weighted by Gasteiger charge is -2.45. The van der Waals surface area contributed by atoms with Gasteiger partial charge in [-0.2, -0.15) is 0 Å². The third kappa shape index (κ3) is 4.57. The minimum absolute atomic E-state index is 0.0756. The van der Waals surface area contributed by atoms with Crippen molar-refractivity contribution in [3.05, 3.63) is 23.3 Å². The van der Waals surface area contributed by atoms with Crippen LogP contribution in [0.1, 0.15) is 63.6 Å². The van der Waals surface area contributed by atoms with E-state index in [4.69, 9.17) is 14.2 Å². The molecule has 2 unspecified atom stereocenters. The first-order chi connectivity index (χ1) is 13.7. The molecule has 4 rings (SSSR count). The zero-order valence-corrected chi connectivity index (χ0v) is 19.0. The van der Waals surface area contributed by atoms with Crippen molar-refractivity contribution in [3.8, 4) is 11.5 Å². The largest absolute Gasteiger partial charge is 0.493 e. The summed E-state index contributed by atoms with van der Waals surface area (Å²) in [5.41, 5.74) is 2.78. The van der Waals surface area contributed by atoms with Gasteiger partial charge in [0.25, 0.3) is 0 Å². The molecule has 0 N–H and O–H groups in total. The molecule has 0 aromatic heterocycles. The van der Waals surface area contributed by atoms with E-state index >= 15 is 0 Å². The number of nitrogens with zero attached hydrogens (tertiary/aromatic N) is 2. The summed E-state index contributed by atoms with van der Waals surface area (Å²) in [6.45, 7) is 8.58. The predicted molar refractivity (Wildman–Crippen MR) is 116 cm³/mol. The molecule has 2 aliphatic heterocycles. The molecule has 5 nitrogen and oxygen atoms in total. The Balaban J connectivity index is 1.47. The highest BCUT2D eigenvalue weighted by Crippen LogP contribution is 2.43. The van der Waals surface area contributed by atoms with Gasteiger partial charge in [-0.15, -0.1) is 0 Å². The monoisotopic (exact) mass is 402 g/mol. The number of hydrogen-bond donors (Lipinski definition) is 0. The van der Waals surface area contributed by atoms with Crippen molar-refractivity contribution in [3.63, 3.8) is 0 Å². The second-order valence-corrected chi connectivity index (χ2v) is 10.2. The van der Waals surface area contributed by atoms with Crippen molar-refractivity contribution in [2.24, 2.45) is 0 Å². The molecule has 29 heavy (non-hydrogen) atoms. The highest BCUT2D eigenvalue weighted by atomic mass is 16.5. The van der Waals surface area contributed by atoms with Crippen molar-refractivity contribution in [1.29, 1.82) is 0 Å². The quantitative estimate of drug-likeness (QED) is 0.742. The predicted octanol–water partition coefficient (Wildman–Crippen LogP) is 4.04. The number of methoxy groups -OCH3 is 1. The van der Waals surface area contributed by atoms with Crippen LogP contribution in [0.2, 0.25) is 0 Å². The molecular formula is C24H38N2O3. The molecule has 1 aromatic carbocycles. The van der Waals surface area contributed by atoms with E-state index in [1.165, 1.54) is 11.1 Å². The number of hydrogen-bond acceptors (Lipinski definition) is 5. The second kappa shape index (κ2) is 8.09. The average Bonchev–Trinajstić information content (AvgIpc) is 2.61. The molecule has 0 amide bonds. The molecule has 0 radical (unpaired) electrons. The Labute approximate surface area is 176 Å². The highest BCUT2D eigenvalue weighted by molar-refractivity contribution is 5.50. The van der Waals surface area contributed by atoms with Gasteiger partial charge >= 0.3 is 0 Å². The van der Waals surface area contributed by atoms with Gasteiger partial charge in [-0.1, -0.05) is 0 Å². The Morgan fingerprint density at radius 1 is 1.03 bits per heavy atom. The Kier molecular flexibility index (Phi) is 5.84. The zero-order valence-electron chi connectivity index (χ0n) is 19.0. The van der Waals surface area contributed by atoms with Gasteiger partial charge in [0.15, 0.2) is 11.5 Å². The van der Waals surface area contributed by atoms with E-state index in [1.807, 2.05) is 0 Å². The summed E-state index contributed by atoms with van der Waals surface area (Å²) in [5.74, 6) is 1.80. The van der Waals surface area contributed by atoms with Crippen LogP contribution in [0.3, 0.4) is 0 Å². The zero-order chi connectivity index (χ0) is 20.8. The molecule has 2 atom stereocenters. The molecule has 2 fully saturated rings. The molecule has 0 bridgehead atoms. The van der Waals surface area contributed by atoms with Gasteiger partial charge in [-0.05, 0) is 90.2 Å². The molecule has 1 saturated carbocycles. The molecule has 2 heterocycles. The molecule has 1 saturated heterocycles. The summed E-state index contributed by atoms with van der Waals surface area (Å²) < 4.78 is 18.4. The highest BCUT2D eigenvalue weighted by Gasteiger charge is 2.37. The van der Waals surface area contributed by atoms with Crippen LogP contribution in [0.4, 0.5) is 0 Å². The molecule has 3 aliphatic rings. The molecule has 1 aliphatic carbocycles. The van der Waals surface area contributed by atoms with Crippen LogP contribution in [0, 0.1) is 0 Å². The maximum Gasteiger partial charge on any atom is 0.161 e. The fraction of sp³-hybridized carbons (Fsp3) is 0.750. The van der Waals surface area contributed by atoms with Gasteiger partial charge in [0, 0.05) is 25.2 Å². The lowest BCUT2D eigenvalue weighted by molar-refractivity contribution is -0.0971. The van der Waals surface area contributed by atoms with E-state index in [2.05, 4.69) is 56.8 Å². The molecule has 162 valence electrons. The van der Waals surface area contributed by atoms with E-state index in [0.29, 0.717) is 24.3 Å². The topological polar surface area (TPSA) is 34.2 Å². The standard InChI is InChI=1S/C24H38N2O3/c1-24(2,3)29-18-7-8-21-20-14-22(27-6)23(11-16(20)9-10-26(21)15-18)28-19-12-17(13-19)25(4)5/h11,14,17-19,21H,7-10,12-13,15H2,1-6H3. The SMILES string of the molecule is COc1cc2c(cc1OC1CC(N(C)C)C1)CCN1CC(OC(C)(C)C)CCC21.